The van der Waals surface area contributed by atoms with Crippen LogP contribution < -0.4 is 5.73 Å². The van der Waals surface area contributed by atoms with Crippen molar-refractivity contribution >= 4 is 16.9 Å². The van der Waals surface area contributed by atoms with Gasteiger partial charge in [-0.3, -0.25) is 4.68 Å². The van der Waals surface area contributed by atoms with Crippen LogP contribution in [0.4, 0.5) is 0 Å². The van der Waals surface area contributed by atoms with E-state index in [0.29, 0.717) is 12.1 Å². The number of methoxy groups -OCH3 is 1. The average Bonchev–Trinajstić information content (AvgIpc) is 2.65. The largest absolute Gasteiger partial charge is 0.465 e. The molecule has 1 heterocycles. The van der Waals surface area contributed by atoms with E-state index in [2.05, 4.69) is 5.10 Å². The van der Waals surface area contributed by atoms with Crippen LogP contribution in [0, 0.1) is 0 Å². The first-order valence-corrected chi connectivity index (χ1v) is 5.41. The van der Waals surface area contributed by atoms with Crippen LogP contribution in [0.3, 0.4) is 0 Å². The molecule has 0 bridgehead atoms. The second kappa shape index (κ2) is 4.55. The van der Waals surface area contributed by atoms with Gasteiger partial charge in [-0.05, 0) is 18.7 Å². The zero-order chi connectivity index (χ0) is 12.4. The van der Waals surface area contributed by atoms with Gasteiger partial charge in [-0.1, -0.05) is 6.07 Å². The molecule has 0 aliphatic carbocycles. The van der Waals surface area contributed by atoms with Gasteiger partial charge in [-0.2, -0.15) is 5.10 Å². The Hall–Kier alpha value is -1.88. The maximum Gasteiger partial charge on any atom is 0.337 e. The van der Waals surface area contributed by atoms with Gasteiger partial charge in [0.15, 0.2) is 0 Å². The van der Waals surface area contributed by atoms with Gasteiger partial charge >= 0.3 is 5.97 Å². The number of nitrogens with zero attached hydrogens (tertiary/aromatic N) is 2. The smallest absolute Gasteiger partial charge is 0.337 e. The molecule has 2 aromatic rings. The molecule has 0 saturated heterocycles. The van der Waals surface area contributed by atoms with E-state index in [-0.39, 0.29) is 5.97 Å². The topological polar surface area (TPSA) is 70.1 Å². The number of ether oxygens (including phenoxy) is 1. The summed E-state index contributed by atoms with van der Waals surface area (Å²) in [4.78, 5) is 11.4. The van der Waals surface area contributed by atoms with Crippen LogP contribution in [-0.4, -0.2) is 29.4 Å². The summed E-state index contributed by atoms with van der Waals surface area (Å²) in [5.41, 5.74) is 7.94. The minimum Gasteiger partial charge on any atom is -0.465 e. The maximum atomic E-state index is 11.4. The van der Waals surface area contributed by atoms with Crippen molar-refractivity contribution in [1.29, 1.82) is 0 Å². The molecule has 17 heavy (non-hydrogen) atoms. The Kier molecular flexibility index (Phi) is 3.10. The minimum absolute atomic E-state index is 0.339. The Labute approximate surface area is 99.2 Å². The Morgan fingerprint density at radius 1 is 1.53 bits per heavy atom. The van der Waals surface area contributed by atoms with Crippen molar-refractivity contribution in [1.82, 2.24) is 9.78 Å². The Balaban J connectivity index is 2.55. The number of hydrogen-bond acceptors (Lipinski definition) is 4. The first-order chi connectivity index (χ1) is 8.17. The van der Waals surface area contributed by atoms with Crippen molar-refractivity contribution in [3.8, 4) is 0 Å². The second-order valence-electron chi connectivity index (χ2n) is 3.83. The van der Waals surface area contributed by atoms with Crippen molar-refractivity contribution in [2.24, 2.45) is 12.8 Å². The molecule has 0 aliphatic rings. The number of nitrogens with two attached hydrogens (primary N) is 1. The van der Waals surface area contributed by atoms with Crippen LogP contribution in [0.2, 0.25) is 0 Å². The molecule has 0 fully saturated rings. The van der Waals surface area contributed by atoms with Crippen LogP contribution in [-0.2, 0) is 18.2 Å². The molecule has 1 aromatic carbocycles. The van der Waals surface area contributed by atoms with E-state index in [1.54, 1.807) is 16.8 Å². The Bertz CT molecular complexity index is 560. The van der Waals surface area contributed by atoms with Gasteiger partial charge < -0.3 is 10.5 Å². The molecular formula is C12H15N3O2. The van der Waals surface area contributed by atoms with E-state index in [1.807, 2.05) is 13.1 Å². The maximum absolute atomic E-state index is 11.4. The first kappa shape index (κ1) is 11.6. The molecule has 0 aliphatic heterocycles. The molecule has 5 nitrogen and oxygen atoms in total. The lowest BCUT2D eigenvalue weighted by Crippen LogP contribution is -2.03. The highest BCUT2D eigenvalue weighted by Gasteiger charge is 2.11. The third-order valence-electron chi connectivity index (χ3n) is 2.73. The highest BCUT2D eigenvalue weighted by molar-refractivity contribution is 5.95. The van der Waals surface area contributed by atoms with Gasteiger partial charge in [0.05, 0.1) is 23.9 Å². The number of aromatic nitrogens is 2. The fourth-order valence-corrected chi connectivity index (χ4v) is 1.90. The normalized spacial score (nSPS) is 10.8. The molecule has 2 rings (SSSR count). The van der Waals surface area contributed by atoms with Gasteiger partial charge in [0.1, 0.15) is 0 Å². The lowest BCUT2D eigenvalue weighted by Gasteiger charge is -2.00. The lowest BCUT2D eigenvalue weighted by molar-refractivity contribution is 0.0601. The molecule has 0 unspecified atom stereocenters. The second-order valence-corrected chi connectivity index (χ2v) is 3.83. The molecular weight excluding hydrogens is 218 g/mol. The minimum atomic E-state index is -0.339. The zero-order valence-corrected chi connectivity index (χ0v) is 9.93. The molecule has 0 radical (unpaired) electrons. The fraction of sp³-hybridized carbons (Fsp3) is 0.333. The quantitative estimate of drug-likeness (QED) is 0.798. The van der Waals surface area contributed by atoms with E-state index in [0.717, 1.165) is 23.0 Å². The van der Waals surface area contributed by atoms with Gasteiger partial charge in [-0.15, -0.1) is 0 Å². The van der Waals surface area contributed by atoms with Gasteiger partial charge in [0.2, 0.25) is 0 Å². The SMILES string of the molecule is COC(=O)c1ccc2c(CCN)nn(C)c2c1. The highest BCUT2D eigenvalue weighted by Crippen LogP contribution is 2.20. The Morgan fingerprint density at radius 3 is 2.94 bits per heavy atom. The zero-order valence-electron chi connectivity index (χ0n) is 9.93. The highest BCUT2D eigenvalue weighted by atomic mass is 16.5. The molecule has 2 N–H and O–H groups in total. The number of aryl methyl sites for hydroxylation is 1. The molecule has 0 spiro atoms. The van der Waals surface area contributed by atoms with Crippen molar-refractivity contribution < 1.29 is 9.53 Å². The van der Waals surface area contributed by atoms with Crippen molar-refractivity contribution in [3.05, 3.63) is 29.5 Å². The van der Waals surface area contributed by atoms with Crippen LogP contribution in [0.25, 0.3) is 10.9 Å². The summed E-state index contributed by atoms with van der Waals surface area (Å²) < 4.78 is 6.45. The summed E-state index contributed by atoms with van der Waals surface area (Å²) in [5, 5.41) is 5.42. The van der Waals surface area contributed by atoms with E-state index >= 15 is 0 Å². The average molecular weight is 233 g/mol. The third-order valence-corrected chi connectivity index (χ3v) is 2.73. The number of hydrogen-bond donors (Lipinski definition) is 1. The number of esters is 1. The summed E-state index contributed by atoms with van der Waals surface area (Å²) in [7, 11) is 3.22. The number of carbonyl (C=O) groups excluding carboxylic acids is 1. The molecule has 0 saturated carbocycles. The van der Waals surface area contributed by atoms with Gasteiger partial charge in [0.25, 0.3) is 0 Å². The van der Waals surface area contributed by atoms with Crippen LogP contribution in [0.1, 0.15) is 16.1 Å². The fourth-order valence-electron chi connectivity index (χ4n) is 1.90. The van der Waals surface area contributed by atoms with Crippen molar-refractivity contribution in [2.75, 3.05) is 13.7 Å². The summed E-state index contributed by atoms with van der Waals surface area (Å²) in [6.07, 6.45) is 0.731. The molecule has 0 amide bonds. The van der Waals surface area contributed by atoms with E-state index in [9.17, 15) is 4.79 Å². The lowest BCUT2D eigenvalue weighted by atomic mass is 10.1. The summed E-state index contributed by atoms with van der Waals surface area (Å²) in [5.74, 6) is -0.339. The predicted octanol–water partition coefficient (Wildman–Crippen LogP) is 0.861. The standard InChI is InChI=1S/C12H15N3O2/c1-15-11-7-8(12(16)17-2)3-4-9(11)10(14-15)5-6-13/h3-4,7H,5-6,13H2,1-2H3. The Morgan fingerprint density at radius 2 is 2.29 bits per heavy atom. The molecule has 5 heteroatoms. The van der Waals surface area contributed by atoms with E-state index < -0.39 is 0 Å². The first-order valence-electron chi connectivity index (χ1n) is 5.41. The summed E-state index contributed by atoms with van der Waals surface area (Å²) >= 11 is 0. The number of fused-ring (bicyclic) bond motifs is 1. The number of benzene rings is 1. The van der Waals surface area contributed by atoms with Crippen LogP contribution >= 0.6 is 0 Å². The molecule has 0 atom stereocenters. The van der Waals surface area contributed by atoms with E-state index in [4.69, 9.17) is 10.5 Å². The summed E-state index contributed by atoms with van der Waals surface area (Å²) in [6, 6.07) is 5.42. The van der Waals surface area contributed by atoms with Gasteiger partial charge in [-0.25, -0.2) is 4.79 Å². The third kappa shape index (κ3) is 2.01. The monoisotopic (exact) mass is 233 g/mol. The number of rotatable bonds is 3. The number of carbonyl (C=O) groups is 1. The van der Waals surface area contributed by atoms with E-state index in [1.165, 1.54) is 7.11 Å². The molecule has 90 valence electrons. The van der Waals surface area contributed by atoms with Crippen molar-refractivity contribution in [2.45, 2.75) is 6.42 Å². The summed E-state index contributed by atoms with van der Waals surface area (Å²) in [6.45, 7) is 0.560. The van der Waals surface area contributed by atoms with Crippen LogP contribution in [0.5, 0.6) is 0 Å². The predicted molar refractivity (Wildman–Crippen MR) is 64.8 cm³/mol. The van der Waals surface area contributed by atoms with Crippen LogP contribution in [0.15, 0.2) is 18.2 Å². The molecule has 1 aromatic heterocycles. The van der Waals surface area contributed by atoms with Gasteiger partial charge in [0, 0.05) is 18.9 Å². The van der Waals surface area contributed by atoms with Crippen molar-refractivity contribution in [3.63, 3.8) is 0 Å².